The first kappa shape index (κ1) is 10.6. The Morgan fingerprint density at radius 2 is 2.47 bits per heavy atom. The van der Waals surface area contributed by atoms with Gasteiger partial charge in [-0.25, -0.2) is 0 Å². The highest BCUT2D eigenvalue weighted by Gasteiger charge is 2.24. The van der Waals surface area contributed by atoms with Gasteiger partial charge < -0.3 is 10.5 Å². The fourth-order valence-corrected chi connectivity index (χ4v) is 2.15. The molecule has 0 spiro atoms. The summed E-state index contributed by atoms with van der Waals surface area (Å²) in [6, 6.07) is 0.0685. The molecule has 0 amide bonds. The third kappa shape index (κ3) is 2.06. The normalized spacial score (nSPS) is 24.1. The van der Waals surface area contributed by atoms with Crippen LogP contribution in [0, 0.1) is 12.8 Å². The SMILES string of the molecule is Cc1c(C(N)C2CCCOC2)cnn1C. The molecule has 2 unspecified atom stereocenters. The molecule has 0 aliphatic carbocycles. The lowest BCUT2D eigenvalue weighted by Gasteiger charge is -2.27. The van der Waals surface area contributed by atoms with E-state index in [4.69, 9.17) is 10.5 Å². The zero-order chi connectivity index (χ0) is 10.8. The van der Waals surface area contributed by atoms with Crippen LogP contribution in [0.2, 0.25) is 0 Å². The molecule has 2 rings (SSSR count). The van der Waals surface area contributed by atoms with Crippen molar-refractivity contribution >= 4 is 0 Å². The highest BCUT2D eigenvalue weighted by Crippen LogP contribution is 2.28. The predicted molar refractivity (Wildman–Crippen MR) is 58.4 cm³/mol. The third-order valence-electron chi connectivity index (χ3n) is 3.34. The van der Waals surface area contributed by atoms with Crippen molar-refractivity contribution in [3.8, 4) is 0 Å². The first-order valence-corrected chi connectivity index (χ1v) is 5.52. The van der Waals surface area contributed by atoms with Gasteiger partial charge in [0, 0.05) is 36.9 Å². The number of nitrogens with two attached hydrogens (primary N) is 1. The average Bonchev–Trinajstić information content (AvgIpc) is 2.60. The second kappa shape index (κ2) is 4.33. The van der Waals surface area contributed by atoms with Crippen LogP contribution in [0.25, 0.3) is 0 Å². The Balaban J connectivity index is 2.12. The second-order valence-corrected chi connectivity index (χ2v) is 4.31. The Morgan fingerprint density at radius 3 is 3.00 bits per heavy atom. The van der Waals surface area contributed by atoms with E-state index >= 15 is 0 Å². The van der Waals surface area contributed by atoms with Crippen molar-refractivity contribution in [1.29, 1.82) is 0 Å². The number of rotatable bonds is 2. The Morgan fingerprint density at radius 1 is 1.67 bits per heavy atom. The van der Waals surface area contributed by atoms with E-state index in [9.17, 15) is 0 Å². The molecule has 1 aliphatic heterocycles. The summed E-state index contributed by atoms with van der Waals surface area (Å²) >= 11 is 0. The fourth-order valence-electron chi connectivity index (χ4n) is 2.15. The van der Waals surface area contributed by atoms with Crippen molar-refractivity contribution in [3.05, 3.63) is 17.5 Å². The summed E-state index contributed by atoms with van der Waals surface area (Å²) in [5.41, 5.74) is 8.57. The minimum absolute atomic E-state index is 0.0685. The van der Waals surface area contributed by atoms with Gasteiger partial charge in [0.1, 0.15) is 0 Å². The molecular weight excluding hydrogens is 190 g/mol. The molecular formula is C11H19N3O. The van der Waals surface area contributed by atoms with Gasteiger partial charge in [-0.3, -0.25) is 4.68 Å². The van der Waals surface area contributed by atoms with Crippen LogP contribution in [0.1, 0.15) is 30.1 Å². The number of hydrogen-bond donors (Lipinski definition) is 1. The maximum Gasteiger partial charge on any atom is 0.0540 e. The molecule has 2 heterocycles. The Bertz CT molecular complexity index is 329. The zero-order valence-electron chi connectivity index (χ0n) is 9.44. The first-order valence-electron chi connectivity index (χ1n) is 5.52. The van der Waals surface area contributed by atoms with Crippen LogP contribution in [-0.2, 0) is 11.8 Å². The van der Waals surface area contributed by atoms with Crippen LogP contribution < -0.4 is 5.73 Å². The Kier molecular flexibility index (Phi) is 3.07. The summed E-state index contributed by atoms with van der Waals surface area (Å²) in [5, 5.41) is 4.23. The Hall–Kier alpha value is -0.870. The lowest BCUT2D eigenvalue weighted by molar-refractivity contribution is 0.0447. The number of aryl methyl sites for hydroxylation is 1. The van der Waals surface area contributed by atoms with Crippen molar-refractivity contribution in [2.24, 2.45) is 18.7 Å². The van der Waals surface area contributed by atoms with E-state index in [0.717, 1.165) is 37.3 Å². The van der Waals surface area contributed by atoms with Crippen LogP contribution in [0.4, 0.5) is 0 Å². The molecule has 1 saturated heterocycles. The molecule has 1 aromatic heterocycles. The minimum atomic E-state index is 0.0685. The maximum atomic E-state index is 6.25. The highest BCUT2D eigenvalue weighted by atomic mass is 16.5. The molecule has 84 valence electrons. The van der Waals surface area contributed by atoms with Crippen molar-refractivity contribution in [3.63, 3.8) is 0 Å². The molecule has 0 bridgehead atoms. The van der Waals surface area contributed by atoms with Gasteiger partial charge in [0.2, 0.25) is 0 Å². The molecule has 0 saturated carbocycles. The predicted octanol–water partition coefficient (Wildman–Crippen LogP) is 1.15. The molecule has 0 aromatic carbocycles. The zero-order valence-corrected chi connectivity index (χ0v) is 9.44. The number of nitrogens with zero attached hydrogens (tertiary/aromatic N) is 2. The largest absolute Gasteiger partial charge is 0.381 e. The van der Waals surface area contributed by atoms with Crippen molar-refractivity contribution in [1.82, 2.24) is 9.78 Å². The lowest BCUT2D eigenvalue weighted by Crippen LogP contribution is -2.29. The summed E-state index contributed by atoms with van der Waals surface area (Å²) in [5.74, 6) is 0.446. The summed E-state index contributed by atoms with van der Waals surface area (Å²) in [6.45, 7) is 3.73. The number of ether oxygens (including phenoxy) is 1. The van der Waals surface area contributed by atoms with Crippen molar-refractivity contribution in [2.75, 3.05) is 13.2 Å². The van der Waals surface area contributed by atoms with Gasteiger partial charge in [0.25, 0.3) is 0 Å². The number of hydrogen-bond acceptors (Lipinski definition) is 3. The summed E-state index contributed by atoms with van der Waals surface area (Å²) in [4.78, 5) is 0. The number of aromatic nitrogens is 2. The summed E-state index contributed by atoms with van der Waals surface area (Å²) < 4.78 is 7.34. The van der Waals surface area contributed by atoms with E-state index in [-0.39, 0.29) is 6.04 Å². The smallest absolute Gasteiger partial charge is 0.0540 e. The van der Waals surface area contributed by atoms with Gasteiger partial charge >= 0.3 is 0 Å². The first-order chi connectivity index (χ1) is 7.20. The van der Waals surface area contributed by atoms with Crippen LogP contribution in [0.15, 0.2) is 6.20 Å². The molecule has 2 N–H and O–H groups in total. The third-order valence-corrected chi connectivity index (χ3v) is 3.34. The fraction of sp³-hybridized carbons (Fsp3) is 0.727. The standard InChI is InChI=1S/C11H19N3O/c1-8-10(6-13-14(8)2)11(12)9-4-3-5-15-7-9/h6,9,11H,3-5,7,12H2,1-2H3. The second-order valence-electron chi connectivity index (χ2n) is 4.31. The van der Waals surface area contributed by atoms with E-state index in [1.807, 2.05) is 17.9 Å². The quantitative estimate of drug-likeness (QED) is 0.795. The van der Waals surface area contributed by atoms with Crippen molar-refractivity contribution in [2.45, 2.75) is 25.8 Å². The van der Waals surface area contributed by atoms with E-state index in [2.05, 4.69) is 12.0 Å². The molecule has 15 heavy (non-hydrogen) atoms. The van der Waals surface area contributed by atoms with Crippen molar-refractivity contribution < 1.29 is 4.74 Å². The van der Waals surface area contributed by atoms with E-state index in [1.54, 1.807) is 0 Å². The van der Waals surface area contributed by atoms with E-state index in [0.29, 0.717) is 5.92 Å². The maximum absolute atomic E-state index is 6.25. The topological polar surface area (TPSA) is 53.1 Å². The van der Waals surface area contributed by atoms with E-state index in [1.165, 1.54) is 0 Å². The van der Waals surface area contributed by atoms with Crippen LogP contribution >= 0.6 is 0 Å². The highest BCUT2D eigenvalue weighted by molar-refractivity contribution is 5.20. The monoisotopic (exact) mass is 209 g/mol. The van der Waals surface area contributed by atoms with Crippen LogP contribution in [-0.4, -0.2) is 23.0 Å². The molecule has 4 heteroatoms. The molecule has 4 nitrogen and oxygen atoms in total. The molecule has 2 atom stereocenters. The van der Waals surface area contributed by atoms with Gasteiger partial charge in [0.05, 0.1) is 12.8 Å². The molecule has 0 radical (unpaired) electrons. The molecule has 1 aromatic rings. The Labute approximate surface area is 90.4 Å². The van der Waals surface area contributed by atoms with Gasteiger partial charge in [-0.15, -0.1) is 0 Å². The van der Waals surface area contributed by atoms with Gasteiger partial charge in [0.15, 0.2) is 0 Å². The minimum Gasteiger partial charge on any atom is -0.381 e. The van der Waals surface area contributed by atoms with Gasteiger partial charge in [-0.1, -0.05) is 0 Å². The summed E-state index contributed by atoms with van der Waals surface area (Å²) in [6.07, 6.45) is 4.17. The van der Waals surface area contributed by atoms with Crippen LogP contribution in [0.5, 0.6) is 0 Å². The van der Waals surface area contributed by atoms with E-state index < -0.39 is 0 Å². The molecule has 1 fully saturated rings. The van der Waals surface area contributed by atoms with Gasteiger partial charge in [-0.2, -0.15) is 5.10 Å². The molecule has 1 aliphatic rings. The van der Waals surface area contributed by atoms with Crippen LogP contribution in [0.3, 0.4) is 0 Å². The summed E-state index contributed by atoms with van der Waals surface area (Å²) in [7, 11) is 1.95. The van der Waals surface area contributed by atoms with Gasteiger partial charge in [-0.05, 0) is 19.8 Å². The average molecular weight is 209 g/mol. The lowest BCUT2D eigenvalue weighted by atomic mass is 9.90.